The number of carbonyl (C=O) groups is 1. The summed E-state index contributed by atoms with van der Waals surface area (Å²) in [6.45, 7) is 6.28. The van der Waals surface area contributed by atoms with E-state index in [2.05, 4.69) is 15.3 Å². The number of nitrogens with zero attached hydrogens (tertiary/aromatic N) is 3. The summed E-state index contributed by atoms with van der Waals surface area (Å²) in [6, 6.07) is 7.61. The molecule has 0 radical (unpaired) electrons. The van der Waals surface area contributed by atoms with E-state index in [1.807, 2.05) is 38.1 Å². The van der Waals surface area contributed by atoms with Crippen LogP contribution in [0.1, 0.15) is 24.3 Å². The molecule has 3 rings (SSSR count). The maximum absolute atomic E-state index is 12.3. The minimum atomic E-state index is -0.113. The average molecular weight is 342 g/mol. The van der Waals surface area contributed by atoms with Crippen molar-refractivity contribution in [1.29, 1.82) is 0 Å². The molecule has 7 nitrogen and oxygen atoms in total. The number of hydrogen-bond acceptors (Lipinski definition) is 6. The first-order valence-corrected chi connectivity index (χ1v) is 8.34. The van der Waals surface area contributed by atoms with E-state index < -0.39 is 0 Å². The Morgan fingerprint density at radius 1 is 1.16 bits per heavy atom. The minimum Gasteiger partial charge on any atom is -0.491 e. The van der Waals surface area contributed by atoms with Gasteiger partial charge in [-0.2, -0.15) is 0 Å². The highest BCUT2D eigenvalue weighted by atomic mass is 16.5. The van der Waals surface area contributed by atoms with Crippen molar-refractivity contribution in [2.75, 3.05) is 31.6 Å². The van der Waals surface area contributed by atoms with Crippen LogP contribution in [0.15, 0.2) is 36.7 Å². The fourth-order valence-electron chi connectivity index (χ4n) is 2.47. The second-order valence-electron chi connectivity index (χ2n) is 6.01. The van der Waals surface area contributed by atoms with E-state index >= 15 is 0 Å². The van der Waals surface area contributed by atoms with Crippen molar-refractivity contribution in [3.8, 4) is 5.75 Å². The highest BCUT2D eigenvalue weighted by molar-refractivity contribution is 5.92. The van der Waals surface area contributed by atoms with Crippen LogP contribution in [-0.4, -0.2) is 53.2 Å². The largest absolute Gasteiger partial charge is 0.491 e. The van der Waals surface area contributed by atoms with Gasteiger partial charge in [-0.15, -0.1) is 0 Å². The third kappa shape index (κ3) is 4.67. The molecule has 1 aliphatic rings. The van der Waals surface area contributed by atoms with Gasteiger partial charge in [0.25, 0.3) is 5.91 Å². The number of anilines is 2. The second kappa shape index (κ2) is 7.94. The van der Waals surface area contributed by atoms with E-state index in [1.54, 1.807) is 11.1 Å². The molecule has 132 valence electrons. The fraction of sp³-hybridized carbons (Fsp3) is 0.389. The van der Waals surface area contributed by atoms with Crippen molar-refractivity contribution < 1.29 is 14.3 Å². The highest BCUT2D eigenvalue weighted by Gasteiger charge is 2.19. The summed E-state index contributed by atoms with van der Waals surface area (Å²) in [5.41, 5.74) is 1.21. The number of benzene rings is 1. The van der Waals surface area contributed by atoms with Crippen molar-refractivity contribution in [3.63, 3.8) is 0 Å². The molecule has 1 aliphatic heterocycles. The molecule has 1 fully saturated rings. The predicted molar refractivity (Wildman–Crippen MR) is 94.2 cm³/mol. The van der Waals surface area contributed by atoms with Crippen LogP contribution in [0.2, 0.25) is 0 Å². The Morgan fingerprint density at radius 3 is 2.48 bits per heavy atom. The first kappa shape index (κ1) is 17.2. The number of rotatable bonds is 5. The predicted octanol–water partition coefficient (Wildman–Crippen LogP) is 2.48. The van der Waals surface area contributed by atoms with E-state index in [0.717, 1.165) is 11.4 Å². The lowest BCUT2D eigenvalue weighted by molar-refractivity contribution is 0.0298. The number of morpholine rings is 1. The van der Waals surface area contributed by atoms with Crippen LogP contribution >= 0.6 is 0 Å². The van der Waals surface area contributed by atoms with Crippen molar-refractivity contribution in [1.82, 2.24) is 14.9 Å². The normalized spacial score (nSPS) is 14.4. The summed E-state index contributed by atoms with van der Waals surface area (Å²) in [6.07, 6.45) is 3.20. The number of hydrogen-bond donors (Lipinski definition) is 1. The molecule has 1 amide bonds. The quantitative estimate of drug-likeness (QED) is 0.899. The molecule has 25 heavy (non-hydrogen) atoms. The molecule has 2 aromatic rings. The Kier molecular flexibility index (Phi) is 5.45. The maximum atomic E-state index is 12.3. The van der Waals surface area contributed by atoms with E-state index in [1.165, 1.54) is 6.20 Å². The van der Waals surface area contributed by atoms with Crippen LogP contribution in [0.25, 0.3) is 0 Å². The van der Waals surface area contributed by atoms with Gasteiger partial charge in [-0.1, -0.05) is 0 Å². The van der Waals surface area contributed by atoms with E-state index in [9.17, 15) is 4.79 Å². The van der Waals surface area contributed by atoms with Gasteiger partial charge < -0.3 is 19.7 Å². The van der Waals surface area contributed by atoms with Crippen LogP contribution in [0.3, 0.4) is 0 Å². The molecule has 0 saturated carbocycles. The molecule has 1 aromatic heterocycles. The molecule has 1 aromatic carbocycles. The van der Waals surface area contributed by atoms with Gasteiger partial charge >= 0.3 is 0 Å². The fourth-order valence-corrected chi connectivity index (χ4v) is 2.47. The Bertz CT molecular complexity index is 695. The minimum absolute atomic E-state index is 0.113. The maximum Gasteiger partial charge on any atom is 0.274 e. The molecular formula is C18H22N4O3. The Hall–Kier alpha value is -2.67. The summed E-state index contributed by atoms with van der Waals surface area (Å²) in [5.74, 6) is 1.28. The Balaban J connectivity index is 1.61. The van der Waals surface area contributed by atoms with Crippen LogP contribution in [-0.2, 0) is 4.74 Å². The summed E-state index contributed by atoms with van der Waals surface area (Å²) >= 11 is 0. The van der Waals surface area contributed by atoms with Gasteiger partial charge in [0.05, 0.1) is 31.7 Å². The van der Waals surface area contributed by atoms with Gasteiger partial charge in [0, 0.05) is 18.8 Å². The zero-order valence-corrected chi connectivity index (χ0v) is 14.4. The number of nitrogens with one attached hydrogen (secondary N) is 1. The molecule has 0 bridgehead atoms. The van der Waals surface area contributed by atoms with Crippen molar-refractivity contribution in [3.05, 3.63) is 42.4 Å². The van der Waals surface area contributed by atoms with Crippen LogP contribution in [0, 0.1) is 0 Å². The molecule has 0 atom stereocenters. The lowest BCUT2D eigenvalue weighted by atomic mass is 10.3. The zero-order chi connectivity index (χ0) is 17.6. The van der Waals surface area contributed by atoms with Gasteiger partial charge in [0.1, 0.15) is 17.3 Å². The molecule has 7 heteroatoms. The number of amides is 1. The third-order valence-electron chi connectivity index (χ3n) is 3.67. The SMILES string of the molecule is CC(C)Oc1ccc(Nc2cnc(C(=O)N3CCOCC3)cn2)cc1. The second-order valence-corrected chi connectivity index (χ2v) is 6.01. The molecule has 1 saturated heterocycles. The van der Waals surface area contributed by atoms with Crippen molar-refractivity contribution >= 4 is 17.4 Å². The Labute approximate surface area is 147 Å². The van der Waals surface area contributed by atoms with E-state index in [0.29, 0.717) is 37.8 Å². The molecular weight excluding hydrogens is 320 g/mol. The standard InChI is InChI=1S/C18H22N4O3/c1-13(2)25-15-5-3-14(4-6-15)21-17-12-19-16(11-20-17)18(23)22-7-9-24-10-8-22/h3-6,11-13H,7-10H2,1-2H3,(H,20,21). The van der Waals surface area contributed by atoms with Gasteiger partial charge in [-0.3, -0.25) is 4.79 Å². The highest BCUT2D eigenvalue weighted by Crippen LogP contribution is 2.19. The summed E-state index contributed by atoms with van der Waals surface area (Å²) in [4.78, 5) is 22.6. The summed E-state index contributed by atoms with van der Waals surface area (Å²) < 4.78 is 10.9. The van der Waals surface area contributed by atoms with Gasteiger partial charge in [0.15, 0.2) is 0 Å². The van der Waals surface area contributed by atoms with E-state index in [4.69, 9.17) is 9.47 Å². The average Bonchev–Trinajstić information content (AvgIpc) is 2.64. The van der Waals surface area contributed by atoms with Crippen LogP contribution in [0.5, 0.6) is 5.75 Å². The molecule has 0 aliphatic carbocycles. The number of aromatic nitrogens is 2. The monoisotopic (exact) mass is 342 g/mol. The van der Waals surface area contributed by atoms with Crippen LogP contribution < -0.4 is 10.1 Å². The van der Waals surface area contributed by atoms with Crippen molar-refractivity contribution in [2.24, 2.45) is 0 Å². The Morgan fingerprint density at radius 2 is 1.88 bits per heavy atom. The molecule has 2 heterocycles. The zero-order valence-electron chi connectivity index (χ0n) is 14.4. The lowest BCUT2D eigenvalue weighted by Gasteiger charge is -2.26. The number of ether oxygens (including phenoxy) is 2. The smallest absolute Gasteiger partial charge is 0.274 e. The topological polar surface area (TPSA) is 76.6 Å². The van der Waals surface area contributed by atoms with E-state index in [-0.39, 0.29) is 12.0 Å². The summed E-state index contributed by atoms with van der Waals surface area (Å²) in [5, 5.41) is 3.16. The first-order valence-electron chi connectivity index (χ1n) is 8.34. The van der Waals surface area contributed by atoms with Gasteiger partial charge in [0.2, 0.25) is 0 Å². The molecule has 0 unspecified atom stereocenters. The van der Waals surface area contributed by atoms with Gasteiger partial charge in [-0.05, 0) is 38.1 Å². The third-order valence-corrected chi connectivity index (χ3v) is 3.67. The molecule has 0 spiro atoms. The first-order chi connectivity index (χ1) is 12.1. The lowest BCUT2D eigenvalue weighted by Crippen LogP contribution is -2.41. The number of carbonyl (C=O) groups excluding carboxylic acids is 1. The van der Waals surface area contributed by atoms with Crippen LogP contribution in [0.4, 0.5) is 11.5 Å². The van der Waals surface area contributed by atoms with Crippen molar-refractivity contribution in [2.45, 2.75) is 20.0 Å². The molecule has 1 N–H and O–H groups in total. The summed E-state index contributed by atoms with van der Waals surface area (Å²) in [7, 11) is 0. The van der Waals surface area contributed by atoms with Gasteiger partial charge in [-0.25, -0.2) is 9.97 Å².